The molecule has 2 rings (SSSR count). The number of amides is 1. The lowest BCUT2D eigenvalue weighted by Gasteiger charge is -2.07. The second-order valence-corrected chi connectivity index (χ2v) is 5.39. The third kappa shape index (κ3) is 5.06. The Morgan fingerprint density at radius 2 is 1.90 bits per heavy atom. The van der Waals surface area contributed by atoms with Crippen LogP contribution in [-0.4, -0.2) is 25.5 Å². The molecule has 0 fully saturated rings. The fourth-order valence-electron chi connectivity index (χ4n) is 1.86. The van der Waals surface area contributed by atoms with Crippen molar-refractivity contribution in [1.82, 2.24) is 0 Å². The van der Waals surface area contributed by atoms with E-state index in [0.29, 0.717) is 5.69 Å². The van der Waals surface area contributed by atoms with Gasteiger partial charge in [-0.15, -0.1) is 0 Å². The van der Waals surface area contributed by atoms with Gasteiger partial charge in [0.1, 0.15) is 6.61 Å². The molecule has 3 nitrogen and oxygen atoms in total. The summed E-state index contributed by atoms with van der Waals surface area (Å²) in [6.45, 7) is -0.658. The van der Waals surface area contributed by atoms with Crippen molar-refractivity contribution < 1.29 is 18.3 Å². The van der Waals surface area contributed by atoms with Gasteiger partial charge in [0.25, 0.3) is 6.43 Å². The van der Waals surface area contributed by atoms with E-state index in [9.17, 15) is 13.6 Å². The quantitative estimate of drug-likeness (QED) is 0.786. The first-order valence-electron chi connectivity index (χ1n) is 6.39. The highest BCUT2D eigenvalue weighted by molar-refractivity contribution is 9.10. The van der Waals surface area contributed by atoms with Crippen LogP contribution in [0.5, 0.6) is 0 Å². The van der Waals surface area contributed by atoms with E-state index in [1.807, 2.05) is 30.3 Å². The van der Waals surface area contributed by atoms with Gasteiger partial charge in [-0.3, -0.25) is 4.79 Å². The number of ether oxygens (including phenoxy) is 1. The summed E-state index contributed by atoms with van der Waals surface area (Å²) in [4.78, 5) is 11.7. The van der Waals surface area contributed by atoms with E-state index >= 15 is 0 Å². The van der Waals surface area contributed by atoms with Crippen molar-refractivity contribution in [3.8, 4) is 0 Å². The zero-order valence-corrected chi connectivity index (χ0v) is 12.7. The van der Waals surface area contributed by atoms with Gasteiger partial charge >= 0.3 is 0 Å². The molecular weight excluding hydrogens is 344 g/mol. The number of hydrogen-bond acceptors (Lipinski definition) is 2. The van der Waals surface area contributed by atoms with Crippen LogP contribution in [0.25, 0.3) is 10.8 Å². The Labute approximate surface area is 129 Å². The number of halogens is 3. The van der Waals surface area contributed by atoms with Crippen LogP contribution in [0.2, 0.25) is 0 Å². The topological polar surface area (TPSA) is 38.3 Å². The molecule has 6 heteroatoms. The van der Waals surface area contributed by atoms with E-state index in [2.05, 4.69) is 26.0 Å². The van der Waals surface area contributed by atoms with Crippen LogP contribution >= 0.6 is 15.9 Å². The van der Waals surface area contributed by atoms with E-state index in [-0.39, 0.29) is 18.9 Å². The molecule has 2 aromatic rings. The van der Waals surface area contributed by atoms with Gasteiger partial charge in [0.2, 0.25) is 5.91 Å². The summed E-state index contributed by atoms with van der Waals surface area (Å²) in [6, 6.07) is 11.4. The highest BCUT2D eigenvalue weighted by Crippen LogP contribution is 2.23. The van der Waals surface area contributed by atoms with Crippen molar-refractivity contribution in [2.75, 3.05) is 18.5 Å². The highest BCUT2D eigenvalue weighted by Gasteiger charge is 2.06. The molecule has 0 aromatic heterocycles. The van der Waals surface area contributed by atoms with Crippen LogP contribution in [-0.2, 0) is 9.53 Å². The Hall–Kier alpha value is -1.53. The standard InChI is InChI=1S/C15H14BrF2NO2/c16-12-3-1-11-8-13(4-2-10(11)7-12)19-15(20)5-6-21-9-14(17)18/h1-4,7-8,14H,5-6,9H2,(H,19,20). The molecule has 112 valence electrons. The monoisotopic (exact) mass is 357 g/mol. The molecule has 0 aliphatic carbocycles. The molecule has 0 aliphatic heterocycles. The Kier molecular flexibility index (Phi) is 5.64. The lowest BCUT2D eigenvalue weighted by atomic mass is 10.1. The number of hydrogen-bond donors (Lipinski definition) is 1. The molecule has 2 aromatic carbocycles. The molecular formula is C15H14BrF2NO2. The van der Waals surface area contributed by atoms with Crippen LogP contribution in [0.3, 0.4) is 0 Å². The minimum atomic E-state index is -2.51. The number of benzene rings is 2. The Balaban J connectivity index is 1.90. The summed E-state index contributed by atoms with van der Waals surface area (Å²) in [7, 11) is 0. The third-order valence-electron chi connectivity index (χ3n) is 2.80. The number of carbonyl (C=O) groups excluding carboxylic acids is 1. The lowest BCUT2D eigenvalue weighted by Crippen LogP contribution is -2.15. The van der Waals surface area contributed by atoms with E-state index in [0.717, 1.165) is 15.2 Å². The van der Waals surface area contributed by atoms with Gasteiger partial charge in [-0.2, -0.15) is 0 Å². The maximum absolute atomic E-state index is 11.9. The molecule has 0 unspecified atom stereocenters. The molecule has 0 radical (unpaired) electrons. The maximum atomic E-state index is 11.9. The molecule has 0 saturated heterocycles. The van der Waals surface area contributed by atoms with E-state index < -0.39 is 13.0 Å². The zero-order chi connectivity index (χ0) is 15.2. The lowest BCUT2D eigenvalue weighted by molar-refractivity contribution is -0.117. The zero-order valence-electron chi connectivity index (χ0n) is 11.1. The van der Waals surface area contributed by atoms with E-state index in [4.69, 9.17) is 0 Å². The smallest absolute Gasteiger partial charge is 0.261 e. The maximum Gasteiger partial charge on any atom is 0.261 e. The summed E-state index contributed by atoms with van der Waals surface area (Å²) in [5.74, 6) is -0.263. The molecule has 0 atom stereocenters. The summed E-state index contributed by atoms with van der Waals surface area (Å²) >= 11 is 3.40. The molecule has 0 heterocycles. The molecule has 21 heavy (non-hydrogen) atoms. The van der Waals surface area contributed by atoms with Gasteiger partial charge in [-0.1, -0.05) is 28.1 Å². The molecule has 1 N–H and O–H groups in total. The molecule has 0 aliphatic rings. The van der Waals surface area contributed by atoms with Gasteiger partial charge in [0.05, 0.1) is 13.0 Å². The van der Waals surface area contributed by atoms with Gasteiger partial charge in [0.15, 0.2) is 0 Å². The van der Waals surface area contributed by atoms with Crippen LogP contribution in [0.15, 0.2) is 40.9 Å². The highest BCUT2D eigenvalue weighted by atomic mass is 79.9. The average Bonchev–Trinajstić information content (AvgIpc) is 2.43. The molecule has 0 saturated carbocycles. The molecule has 0 spiro atoms. The van der Waals surface area contributed by atoms with Crippen molar-refractivity contribution in [3.05, 3.63) is 40.9 Å². The Morgan fingerprint density at radius 1 is 1.19 bits per heavy atom. The predicted octanol–water partition coefficient (Wildman–Crippen LogP) is 4.21. The number of alkyl halides is 2. The summed E-state index contributed by atoms with van der Waals surface area (Å²) < 4.78 is 29.4. The number of anilines is 1. The average molecular weight is 358 g/mol. The Morgan fingerprint density at radius 3 is 2.67 bits per heavy atom. The minimum Gasteiger partial charge on any atom is -0.375 e. The Bertz CT molecular complexity index is 634. The van der Waals surface area contributed by atoms with Crippen LogP contribution in [0, 0.1) is 0 Å². The van der Waals surface area contributed by atoms with E-state index in [1.165, 1.54) is 0 Å². The summed E-state index contributed by atoms with van der Waals surface area (Å²) in [5, 5.41) is 4.78. The SMILES string of the molecule is O=C(CCOCC(F)F)Nc1ccc2cc(Br)ccc2c1. The minimum absolute atomic E-state index is 0.0172. The third-order valence-corrected chi connectivity index (χ3v) is 3.30. The normalized spacial score (nSPS) is 11.0. The largest absolute Gasteiger partial charge is 0.375 e. The second kappa shape index (κ2) is 7.47. The van der Waals surface area contributed by atoms with Crippen LogP contribution < -0.4 is 5.32 Å². The summed E-state index contributed by atoms with van der Waals surface area (Å²) in [6.07, 6.45) is -2.46. The summed E-state index contributed by atoms with van der Waals surface area (Å²) in [5.41, 5.74) is 0.670. The van der Waals surface area contributed by atoms with E-state index in [1.54, 1.807) is 6.07 Å². The number of carbonyl (C=O) groups is 1. The second-order valence-electron chi connectivity index (χ2n) is 4.47. The van der Waals surface area contributed by atoms with Crippen molar-refractivity contribution in [2.45, 2.75) is 12.8 Å². The number of nitrogens with one attached hydrogen (secondary N) is 1. The fourth-order valence-corrected chi connectivity index (χ4v) is 2.23. The van der Waals surface area contributed by atoms with Crippen molar-refractivity contribution in [3.63, 3.8) is 0 Å². The van der Waals surface area contributed by atoms with Gasteiger partial charge < -0.3 is 10.1 Å². The van der Waals surface area contributed by atoms with Crippen molar-refractivity contribution in [1.29, 1.82) is 0 Å². The van der Waals surface area contributed by atoms with Crippen molar-refractivity contribution >= 4 is 38.3 Å². The number of fused-ring (bicyclic) bond motifs is 1. The first-order chi connectivity index (χ1) is 10.0. The first kappa shape index (κ1) is 15.9. The number of rotatable bonds is 6. The van der Waals surface area contributed by atoms with Gasteiger partial charge in [0, 0.05) is 10.2 Å². The van der Waals surface area contributed by atoms with Gasteiger partial charge in [-0.25, -0.2) is 8.78 Å². The predicted molar refractivity (Wildman–Crippen MR) is 81.7 cm³/mol. The molecule has 0 bridgehead atoms. The fraction of sp³-hybridized carbons (Fsp3) is 0.267. The van der Waals surface area contributed by atoms with Crippen LogP contribution in [0.4, 0.5) is 14.5 Å². The molecule has 1 amide bonds. The van der Waals surface area contributed by atoms with Crippen LogP contribution in [0.1, 0.15) is 6.42 Å². The van der Waals surface area contributed by atoms with Crippen molar-refractivity contribution in [2.24, 2.45) is 0 Å². The van der Waals surface area contributed by atoms with Gasteiger partial charge in [-0.05, 0) is 35.0 Å². The first-order valence-corrected chi connectivity index (χ1v) is 7.19.